The van der Waals surface area contributed by atoms with Gasteiger partial charge in [-0.3, -0.25) is 4.90 Å². The highest BCUT2D eigenvalue weighted by Crippen LogP contribution is 2.19. The van der Waals surface area contributed by atoms with Gasteiger partial charge in [0, 0.05) is 48.5 Å². The van der Waals surface area contributed by atoms with E-state index in [1.807, 2.05) is 11.3 Å². The third kappa shape index (κ3) is 2.83. The molecule has 1 atom stereocenters. The average molecular weight is 239 g/mol. The Morgan fingerprint density at radius 3 is 2.88 bits per heavy atom. The van der Waals surface area contributed by atoms with E-state index in [1.54, 1.807) is 0 Å². The van der Waals surface area contributed by atoms with Crippen molar-refractivity contribution in [3.8, 4) is 0 Å². The van der Waals surface area contributed by atoms with Gasteiger partial charge in [-0.2, -0.15) is 0 Å². The maximum atomic E-state index is 5.85. The molecule has 0 bridgehead atoms. The van der Waals surface area contributed by atoms with Gasteiger partial charge in [0.25, 0.3) is 0 Å². The summed E-state index contributed by atoms with van der Waals surface area (Å²) in [4.78, 5) is 7.74. The van der Waals surface area contributed by atoms with Crippen LogP contribution in [0.3, 0.4) is 0 Å². The van der Waals surface area contributed by atoms with Gasteiger partial charge in [-0.05, 0) is 26.1 Å². The van der Waals surface area contributed by atoms with Gasteiger partial charge >= 0.3 is 0 Å². The molecule has 0 spiro atoms. The zero-order valence-corrected chi connectivity index (χ0v) is 11.0. The molecular formula is C12H21N3S. The topological polar surface area (TPSA) is 32.5 Å². The van der Waals surface area contributed by atoms with Crippen LogP contribution >= 0.6 is 11.3 Å². The number of thiophene rings is 1. The van der Waals surface area contributed by atoms with Crippen LogP contribution in [0.25, 0.3) is 0 Å². The van der Waals surface area contributed by atoms with Crippen molar-refractivity contribution in [3.63, 3.8) is 0 Å². The summed E-state index contributed by atoms with van der Waals surface area (Å²) < 4.78 is 0. The van der Waals surface area contributed by atoms with Gasteiger partial charge in [-0.1, -0.05) is 0 Å². The summed E-state index contributed by atoms with van der Waals surface area (Å²) in [7, 11) is 2.18. The molecule has 2 heterocycles. The predicted molar refractivity (Wildman–Crippen MR) is 69.8 cm³/mol. The monoisotopic (exact) mass is 239 g/mol. The van der Waals surface area contributed by atoms with Crippen LogP contribution in [0.4, 0.5) is 0 Å². The Hall–Kier alpha value is -0.420. The molecule has 1 aromatic heterocycles. The minimum atomic E-state index is 0.515. The second-order valence-electron chi connectivity index (χ2n) is 4.63. The average Bonchev–Trinajstić information content (AvgIpc) is 2.67. The zero-order chi connectivity index (χ0) is 11.5. The van der Waals surface area contributed by atoms with E-state index in [0.717, 1.165) is 32.7 Å². The van der Waals surface area contributed by atoms with Gasteiger partial charge in [0.1, 0.15) is 0 Å². The number of rotatable bonds is 3. The molecule has 1 unspecified atom stereocenters. The number of aryl methyl sites for hydroxylation is 1. The van der Waals surface area contributed by atoms with E-state index in [4.69, 9.17) is 5.73 Å². The first kappa shape index (κ1) is 12.0. The standard InChI is InChI=1S/C12H21N3S/c1-10-3-4-12(16-10)9-15-6-5-14(2)8-11(15)7-13/h3-4,11H,5-9,13H2,1-2H3. The Labute approximate surface area is 102 Å². The van der Waals surface area contributed by atoms with Crippen molar-refractivity contribution in [2.75, 3.05) is 33.2 Å². The van der Waals surface area contributed by atoms with Crippen LogP contribution in [0.2, 0.25) is 0 Å². The fraction of sp³-hybridized carbons (Fsp3) is 0.667. The van der Waals surface area contributed by atoms with Crippen molar-refractivity contribution < 1.29 is 0 Å². The molecule has 1 aliphatic rings. The van der Waals surface area contributed by atoms with Gasteiger partial charge in [0.05, 0.1) is 0 Å². The van der Waals surface area contributed by atoms with E-state index in [1.165, 1.54) is 9.75 Å². The highest BCUT2D eigenvalue weighted by Gasteiger charge is 2.24. The second-order valence-corrected chi connectivity index (χ2v) is 6.01. The lowest BCUT2D eigenvalue weighted by Crippen LogP contribution is -2.54. The van der Waals surface area contributed by atoms with Gasteiger partial charge < -0.3 is 10.6 Å². The quantitative estimate of drug-likeness (QED) is 0.858. The number of hydrogen-bond donors (Lipinski definition) is 1. The minimum absolute atomic E-state index is 0.515. The lowest BCUT2D eigenvalue weighted by atomic mass is 10.1. The normalized spacial score (nSPS) is 23.8. The van der Waals surface area contributed by atoms with Crippen molar-refractivity contribution >= 4 is 11.3 Å². The number of nitrogens with zero attached hydrogens (tertiary/aromatic N) is 2. The summed E-state index contributed by atoms with van der Waals surface area (Å²) in [5.41, 5.74) is 5.85. The number of likely N-dealkylation sites (N-methyl/N-ethyl adjacent to an activating group) is 1. The van der Waals surface area contributed by atoms with E-state index < -0.39 is 0 Å². The van der Waals surface area contributed by atoms with Crippen LogP contribution in [-0.2, 0) is 6.54 Å². The Morgan fingerprint density at radius 2 is 2.25 bits per heavy atom. The first-order valence-electron chi connectivity index (χ1n) is 5.87. The van der Waals surface area contributed by atoms with Crippen molar-refractivity contribution in [1.82, 2.24) is 9.80 Å². The van der Waals surface area contributed by atoms with Crippen LogP contribution in [0.5, 0.6) is 0 Å². The molecule has 4 heteroatoms. The molecule has 3 nitrogen and oxygen atoms in total. The van der Waals surface area contributed by atoms with Crippen LogP contribution in [0, 0.1) is 6.92 Å². The van der Waals surface area contributed by atoms with Crippen molar-refractivity contribution in [2.24, 2.45) is 5.73 Å². The van der Waals surface area contributed by atoms with Crippen LogP contribution in [0.1, 0.15) is 9.75 Å². The number of nitrogens with two attached hydrogens (primary N) is 1. The predicted octanol–water partition coefficient (Wildman–Crippen LogP) is 1.13. The lowest BCUT2D eigenvalue weighted by Gasteiger charge is -2.39. The summed E-state index contributed by atoms with van der Waals surface area (Å²) in [5.74, 6) is 0. The van der Waals surface area contributed by atoms with Crippen LogP contribution in [-0.4, -0.2) is 49.1 Å². The Morgan fingerprint density at radius 1 is 1.44 bits per heavy atom. The Balaban J connectivity index is 1.97. The van der Waals surface area contributed by atoms with E-state index in [2.05, 4.69) is 35.9 Å². The van der Waals surface area contributed by atoms with Gasteiger partial charge in [-0.15, -0.1) is 11.3 Å². The molecule has 1 aromatic rings. The SMILES string of the molecule is Cc1ccc(CN2CCN(C)CC2CN)s1. The van der Waals surface area contributed by atoms with Gasteiger partial charge in [0.2, 0.25) is 0 Å². The smallest absolute Gasteiger partial charge is 0.0349 e. The largest absolute Gasteiger partial charge is 0.329 e. The minimum Gasteiger partial charge on any atom is -0.329 e. The third-order valence-electron chi connectivity index (χ3n) is 3.23. The molecule has 0 aromatic carbocycles. The zero-order valence-electron chi connectivity index (χ0n) is 10.1. The summed E-state index contributed by atoms with van der Waals surface area (Å²) >= 11 is 1.90. The van der Waals surface area contributed by atoms with E-state index in [-0.39, 0.29) is 0 Å². The third-order valence-corrected chi connectivity index (χ3v) is 4.22. The molecule has 0 aliphatic carbocycles. The van der Waals surface area contributed by atoms with Crippen molar-refractivity contribution in [1.29, 1.82) is 0 Å². The summed E-state index contributed by atoms with van der Waals surface area (Å²) in [5, 5.41) is 0. The summed E-state index contributed by atoms with van der Waals surface area (Å²) in [6.45, 7) is 7.37. The molecule has 2 N–H and O–H groups in total. The van der Waals surface area contributed by atoms with E-state index >= 15 is 0 Å². The van der Waals surface area contributed by atoms with E-state index in [9.17, 15) is 0 Å². The molecule has 16 heavy (non-hydrogen) atoms. The molecule has 0 radical (unpaired) electrons. The van der Waals surface area contributed by atoms with Gasteiger partial charge in [-0.25, -0.2) is 0 Å². The molecule has 0 saturated carbocycles. The molecular weight excluding hydrogens is 218 g/mol. The van der Waals surface area contributed by atoms with Crippen molar-refractivity contribution in [3.05, 3.63) is 21.9 Å². The van der Waals surface area contributed by atoms with Crippen LogP contribution in [0.15, 0.2) is 12.1 Å². The maximum Gasteiger partial charge on any atom is 0.0349 e. The molecule has 1 aliphatic heterocycles. The Bertz CT molecular complexity index is 337. The van der Waals surface area contributed by atoms with Crippen LogP contribution < -0.4 is 5.73 Å². The number of piperazine rings is 1. The molecule has 1 fully saturated rings. The van der Waals surface area contributed by atoms with E-state index in [0.29, 0.717) is 6.04 Å². The molecule has 90 valence electrons. The highest BCUT2D eigenvalue weighted by molar-refractivity contribution is 7.11. The van der Waals surface area contributed by atoms with Gasteiger partial charge in [0.15, 0.2) is 0 Å². The fourth-order valence-corrected chi connectivity index (χ4v) is 3.17. The molecule has 1 saturated heterocycles. The Kier molecular flexibility index (Phi) is 3.97. The molecule has 0 amide bonds. The molecule has 2 rings (SSSR count). The van der Waals surface area contributed by atoms with Crippen molar-refractivity contribution in [2.45, 2.75) is 19.5 Å². The summed E-state index contributed by atoms with van der Waals surface area (Å²) in [6.07, 6.45) is 0. The highest BCUT2D eigenvalue weighted by atomic mass is 32.1. The lowest BCUT2D eigenvalue weighted by molar-refractivity contribution is 0.0890. The second kappa shape index (κ2) is 5.27. The maximum absolute atomic E-state index is 5.85. The number of hydrogen-bond acceptors (Lipinski definition) is 4. The fourth-order valence-electron chi connectivity index (χ4n) is 2.25. The summed E-state index contributed by atoms with van der Waals surface area (Å²) in [6, 6.07) is 4.96. The first-order chi connectivity index (χ1) is 7.69. The first-order valence-corrected chi connectivity index (χ1v) is 6.68.